The fourth-order valence-corrected chi connectivity index (χ4v) is 2.27. The molecule has 114 valence electrons. The first kappa shape index (κ1) is 17.0. The van der Waals surface area contributed by atoms with Gasteiger partial charge in [-0.1, -0.05) is 32.9 Å². The molecule has 1 N–H and O–H groups in total. The Morgan fingerprint density at radius 1 is 1.25 bits per heavy atom. The molecule has 0 fully saturated rings. The topological polar surface area (TPSA) is 30.5 Å². The molecule has 1 aromatic rings. The van der Waals surface area contributed by atoms with Gasteiger partial charge in [0.25, 0.3) is 0 Å². The van der Waals surface area contributed by atoms with Crippen molar-refractivity contribution in [1.29, 1.82) is 0 Å². The van der Waals surface area contributed by atoms with Gasteiger partial charge in [-0.25, -0.2) is 0 Å². The van der Waals surface area contributed by atoms with Crippen LogP contribution in [0, 0.1) is 11.3 Å². The predicted molar refractivity (Wildman–Crippen MR) is 84.4 cm³/mol. The van der Waals surface area contributed by atoms with Gasteiger partial charge in [-0.2, -0.15) is 0 Å². The van der Waals surface area contributed by atoms with E-state index in [4.69, 9.17) is 9.47 Å². The van der Waals surface area contributed by atoms with E-state index in [2.05, 4.69) is 44.3 Å². The average molecular weight is 279 g/mol. The van der Waals surface area contributed by atoms with E-state index in [1.165, 1.54) is 5.56 Å². The first-order valence-corrected chi connectivity index (χ1v) is 7.34. The van der Waals surface area contributed by atoms with Crippen LogP contribution in [0.2, 0.25) is 0 Å². The minimum absolute atomic E-state index is 0.222. The third-order valence-corrected chi connectivity index (χ3v) is 4.15. The number of rotatable bonds is 9. The minimum atomic E-state index is 0.222. The fraction of sp³-hybridized carbons (Fsp3) is 0.647. The lowest BCUT2D eigenvalue weighted by Gasteiger charge is -2.34. The van der Waals surface area contributed by atoms with E-state index in [9.17, 15) is 0 Å². The zero-order chi connectivity index (χ0) is 15.0. The summed E-state index contributed by atoms with van der Waals surface area (Å²) in [6.45, 7) is 9.57. The Balaban J connectivity index is 2.69. The minimum Gasteiger partial charge on any atom is -0.497 e. The SMILES string of the molecule is COCCNCC(C)(Cc1cccc(OC)c1)C(C)C. The van der Waals surface area contributed by atoms with Crippen molar-refractivity contribution in [2.45, 2.75) is 27.2 Å². The van der Waals surface area contributed by atoms with Gasteiger partial charge in [-0.15, -0.1) is 0 Å². The summed E-state index contributed by atoms with van der Waals surface area (Å²) in [4.78, 5) is 0. The van der Waals surface area contributed by atoms with Crippen molar-refractivity contribution in [2.75, 3.05) is 33.9 Å². The van der Waals surface area contributed by atoms with Gasteiger partial charge in [-0.3, -0.25) is 0 Å². The molecule has 0 saturated carbocycles. The molecule has 1 aromatic carbocycles. The van der Waals surface area contributed by atoms with Gasteiger partial charge in [0.15, 0.2) is 0 Å². The lowest BCUT2D eigenvalue weighted by atomic mass is 9.74. The maximum Gasteiger partial charge on any atom is 0.119 e. The second kappa shape index (κ2) is 8.28. The van der Waals surface area contributed by atoms with Gasteiger partial charge in [0.2, 0.25) is 0 Å². The Bertz CT molecular complexity index is 392. The Morgan fingerprint density at radius 3 is 2.60 bits per heavy atom. The highest BCUT2D eigenvalue weighted by Gasteiger charge is 2.28. The number of methoxy groups -OCH3 is 2. The lowest BCUT2D eigenvalue weighted by molar-refractivity contribution is 0.175. The first-order valence-electron chi connectivity index (χ1n) is 7.34. The van der Waals surface area contributed by atoms with Gasteiger partial charge in [0.1, 0.15) is 5.75 Å². The second-order valence-electron chi connectivity index (χ2n) is 6.01. The monoisotopic (exact) mass is 279 g/mol. The van der Waals surface area contributed by atoms with Crippen LogP contribution in [0.3, 0.4) is 0 Å². The van der Waals surface area contributed by atoms with Crippen LogP contribution in [-0.2, 0) is 11.2 Å². The van der Waals surface area contributed by atoms with Crippen molar-refractivity contribution in [1.82, 2.24) is 5.32 Å². The molecule has 0 aliphatic heterocycles. The maximum atomic E-state index is 5.31. The average Bonchev–Trinajstić information content (AvgIpc) is 2.43. The van der Waals surface area contributed by atoms with Gasteiger partial charge in [-0.05, 0) is 35.4 Å². The van der Waals surface area contributed by atoms with Gasteiger partial charge >= 0.3 is 0 Å². The summed E-state index contributed by atoms with van der Waals surface area (Å²) in [6, 6.07) is 8.37. The molecule has 1 atom stereocenters. The third kappa shape index (κ3) is 5.14. The molecule has 20 heavy (non-hydrogen) atoms. The molecule has 0 aliphatic rings. The Morgan fingerprint density at radius 2 is 2.00 bits per heavy atom. The highest BCUT2D eigenvalue weighted by atomic mass is 16.5. The Hall–Kier alpha value is -1.06. The van der Waals surface area contributed by atoms with E-state index in [-0.39, 0.29) is 5.41 Å². The largest absolute Gasteiger partial charge is 0.497 e. The van der Waals surface area contributed by atoms with Crippen molar-refractivity contribution in [3.63, 3.8) is 0 Å². The van der Waals surface area contributed by atoms with Crippen LogP contribution in [0.25, 0.3) is 0 Å². The van der Waals surface area contributed by atoms with Crippen LogP contribution in [0.4, 0.5) is 0 Å². The summed E-state index contributed by atoms with van der Waals surface area (Å²) in [5.74, 6) is 1.53. The molecule has 1 rings (SSSR count). The lowest BCUT2D eigenvalue weighted by Crippen LogP contribution is -2.39. The molecule has 0 aromatic heterocycles. The Labute approximate surface area is 123 Å². The molecule has 0 amide bonds. The van der Waals surface area contributed by atoms with Gasteiger partial charge < -0.3 is 14.8 Å². The highest BCUT2D eigenvalue weighted by molar-refractivity contribution is 5.29. The molecule has 3 heteroatoms. The highest BCUT2D eigenvalue weighted by Crippen LogP contribution is 2.31. The fourth-order valence-electron chi connectivity index (χ4n) is 2.27. The van der Waals surface area contributed by atoms with E-state index in [0.717, 1.165) is 31.9 Å². The van der Waals surface area contributed by atoms with Gasteiger partial charge in [0.05, 0.1) is 13.7 Å². The van der Waals surface area contributed by atoms with Crippen LogP contribution in [-0.4, -0.2) is 33.9 Å². The molecule has 0 radical (unpaired) electrons. The summed E-state index contributed by atoms with van der Waals surface area (Å²) >= 11 is 0. The van der Waals surface area contributed by atoms with Crippen molar-refractivity contribution in [3.05, 3.63) is 29.8 Å². The van der Waals surface area contributed by atoms with E-state index < -0.39 is 0 Å². The molecule has 0 bridgehead atoms. The molecular weight excluding hydrogens is 250 g/mol. The zero-order valence-corrected chi connectivity index (χ0v) is 13.5. The predicted octanol–water partition coefficient (Wildman–Crippen LogP) is 3.14. The molecule has 0 saturated heterocycles. The summed E-state index contributed by atoms with van der Waals surface area (Å²) in [7, 11) is 3.45. The molecule has 0 spiro atoms. The summed E-state index contributed by atoms with van der Waals surface area (Å²) < 4.78 is 10.4. The molecule has 3 nitrogen and oxygen atoms in total. The van der Waals surface area contributed by atoms with E-state index in [1.807, 2.05) is 6.07 Å². The van der Waals surface area contributed by atoms with E-state index in [0.29, 0.717) is 5.92 Å². The van der Waals surface area contributed by atoms with Crippen LogP contribution in [0.1, 0.15) is 26.3 Å². The van der Waals surface area contributed by atoms with Crippen molar-refractivity contribution in [3.8, 4) is 5.75 Å². The smallest absolute Gasteiger partial charge is 0.119 e. The normalized spacial score (nSPS) is 14.3. The number of nitrogens with one attached hydrogen (secondary N) is 1. The number of ether oxygens (including phenoxy) is 2. The van der Waals surface area contributed by atoms with Crippen LogP contribution in [0.15, 0.2) is 24.3 Å². The van der Waals surface area contributed by atoms with E-state index >= 15 is 0 Å². The number of hydrogen-bond donors (Lipinski definition) is 1. The molecule has 1 unspecified atom stereocenters. The molecular formula is C17H29NO2. The van der Waals surface area contributed by atoms with Gasteiger partial charge in [0, 0.05) is 20.2 Å². The van der Waals surface area contributed by atoms with E-state index in [1.54, 1.807) is 14.2 Å². The van der Waals surface area contributed by atoms with Crippen LogP contribution >= 0.6 is 0 Å². The van der Waals surface area contributed by atoms with Crippen molar-refractivity contribution < 1.29 is 9.47 Å². The quantitative estimate of drug-likeness (QED) is 0.704. The molecule has 0 aliphatic carbocycles. The maximum absolute atomic E-state index is 5.31. The number of hydrogen-bond acceptors (Lipinski definition) is 3. The first-order chi connectivity index (χ1) is 9.51. The third-order valence-electron chi connectivity index (χ3n) is 4.15. The van der Waals surface area contributed by atoms with Crippen LogP contribution < -0.4 is 10.1 Å². The summed E-state index contributed by atoms with van der Waals surface area (Å²) in [6.07, 6.45) is 1.04. The Kier molecular flexibility index (Phi) is 7.03. The van der Waals surface area contributed by atoms with Crippen molar-refractivity contribution in [2.24, 2.45) is 11.3 Å². The second-order valence-corrected chi connectivity index (χ2v) is 6.01. The molecule has 0 heterocycles. The van der Waals surface area contributed by atoms with Crippen molar-refractivity contribution >= 4 is 0 Å². The summed E-state index contributed by atoms with van der Waals surface area (Å²) in [5.41, 5.74) is 1.55. The standard InChI is InChI=1S/C17H29NO2/c1-14(2)17(3,13-18-9-10-19-4)12-15-7-6-8-16(11-15)20-5/h6-8,11,14,18H,9-10,12-13H2,1-5H3. The van der Waals surface area contributed by atoms with Crippen LogP contribution in [0.5, 0.6) is 5.75 Å². The zero-order valence-electron chi connectivity index (χ0n) is 13.5. The summed E-state index contributed by atoms with van der Waals surface area (Å²) in [5, 5.41) is 3.50. The number of benzene rings is 1.